The summed E-state index contributed by atoms with van der Waals surface area (Å²) in [6, 6.07) is 6.25. The summed E-state index contributed by atoms with van der Waals surface area (Å²) in [5, 5.41) is 0. The van der Waals surface area contributed by atoms with E-state index >= 15 is 0 Å². The number of hydrogen-bond donors (Lipinski definition) is 0. The minimum absolute atomic E-state index is 0.198. The van der Waals surface area contributed by atoms with Crippen LogP contribution in [0.25, 0.3) is 11.0 Å². The Labute approximate surface area is 133 Å². The predicted octanol–water partition coefficient (Wildman–Crippen LogP) is 4.44. The lowest BCUT2D eigenvalue weighted by atomic mass is 10.1. The summed E-state index contributed by atoms with van der Waals surface area (Å²) in [5.41, 5.74) is 1.95. The average Bonchev–Trinajstić information content (AvgIpc) is 2.77. The van der Waals surface area contributed by atoms with Crippen LogP contribution in [0.2, 0.25) is 0 Å². The van der Waals surface area contributed by atoms with Crippen molar-refractivity contribution in [3.05, 3.63) is 28.5 Å². The number of esters is 1. The van der Waals surface area contributed by atoms with Crippen LogP contribution in [0.5, 0.6) is 0 Å². The molecule has 5 heteroatoms. The lowest BCUT2D eigenvalue weighted by Crippen LogP contribution is -2.20. The summed E-state index contributed by atoms with van der Waals surface area (Å²) < 4.78 is 8.32. The summed E-state index contributed by atoms with van der Waals surface area (Å²) in [7, 11) is 0. The molecule has 2 aromatic rings. The second-order valence-corrected chi connectivity index (χ2v) is 6.20. The van der Waals surface area contributed by atoms with Gasteiger partial charge in [0.1, 0.15) is 11.7 Å². The van der Waals surface area contributed by atoms with Crippen molar-refractivity contribution in [2.24, 2.45) is 0 Å². The van der Waals surface area contributed by atoms with Gasteiger partial charge in [0, 0.05) is 10.5 Å². The van der Waals surface area contributed by atoms with E-state index in [0.717, 1.165) is 21.3 Å². The molecule has 0 aliphatic rings. The molecule has 0 saturated carbocycles. The van der Waals surface area contributed by atoms with Crippen molar-refractivity contribution >= 4 is 32.9 Å². The minimum atomic E-state index is -0.321. The lowest BCUT2D eigenvalue weighted by molar-refractivity contribution is -0.145. The van der Waals surface area contributed by atoms with Crippen LogP contribution < -0.4 is 0 Å². The second kappa shape index (κ2) is 6.60. The van der Waals surface area contributed by atoms with Crippen LogP contribution in [0.3, 0.4) is 0 Å². The van der Waals surface area contributed by atoms with Gasteiger partial charge in [0.15, 0.2) is 0 Å². The molecule has 0 aliphatic heterocycles. The number of fused-ring (bicyclic) bond motifs is 1. The third-order valence-corrected chi connectivity index (χ3v) is 3.98. The van der Waals surface area contributed by atoms with Gasteiger partial charge in [0.25, 0.3) is 0 Å². The predicted molar refractivity (Wildman–Crippen MR) is 87.5 cm³/mol. The lowest BCUT2D eigenvalue weighted by Gasteiger charge is -2.18. The summed E-state index contributed by atoms with van der Waals surface area (Å²) in [6.07, 6.45) is 0.677. The number of aromatic nitrogens is 2. The molecule has 1 aromatic heterocycles. The zero-order valence-electron chi connectivity index (χ0n) is 12.9. The van der Waals surface area contributed by atoms with Gasteiger partial charge in [-0.25, -0.2) is 4.98 Å². The summed E-state index contributed by atoms with van der Waals surface area (Å²) in [5.74, 6) is 0.272. The third kappa shape index (κ3) is 3.12. The first kappa shape index (κ1) is 16.0. The largest absolute Gasteiger partial charge is 0.465 e. The van der Waals surface area contributed by atoms with Crippen molar-refractivity contribution in [2.75, 3.05) is 6.61 Å². The fourth-order valence-corrected chi connectivity index (χ4v) is 2.93. The average molecular weight is 353 g/mol. The Hall–Kier alpha value is -1.36. The van der Waals surface area contributed by atoms with E-state index in [1.807, 2.05) is 32.0 Å². The molecule has 0 aliphatic carbocycles. The Kier molecular flexibility index (Phi) is 5.04. The molecule has 2 rings (SSSR count). The highest BCUT2D eigenvalue weighted by Gasteiger charge is 2.27. The first-order valence-corrected chi connectivity index (χ1v) is 8.12. The van der Waals surface area contributed by atoms with Gasteiger partial charge in [0.05, 0.1) is 17.6 Å². The summed E-state index contributed by atoms with van der Waals surface area (Å²) >= 11 is 3.47. The van der Waals surface area contributed by atoms with Crippen molar-refractivity contribution < 1.29 is 9.53 Å². The maximum atomic E-state index is 12.2. The molecule has 0 radical (unpaired) electrons. The third-order valence-electron chi connectivity index (χ3n) is 3.49. The van der Waals surface area contributed by atoms with Gasteiger partial charge < -0.3 is 9.30 Å². The molecule has 1 atom stereocenters. The zero-order chi connectivity index (χ0) is 15.6. The van der Waals surface area contributed by atoms with E-state index in [1.54, 1.807) is 0 Å². The Balaban J connectivity index is 2.60. The number of carbonyl (C=O) groups is 1. The maximum Gasteiger partial charge on any atom is 0.316 e. The molecule has 4 nitrogen and oxygen atoms in total. The first-order chi connectivity index (χ1) is 9.99. The van der Waals surface area contributed by atoms with Crippen molar-refractivity contribution in [3.8, 4) is 0 Å². The molecule has 1 unspecified atom stereocenters. The smallest absolute Gasteiger partial charge is 0.316 e. The number of halogens is 1. The first-order valence-electron chi connectivity index (χ1n) is 7.33. The van der Waals surface area contributed by atoms with Gasteiger partial charge in [-0.1, -0.05) is 22.9 Å². The molecule has 0 amide bonds. The van der Waals surface area contributed by atoms with Crippen molar-refractivity contribution in [3.63, 3.8) is 0 Å². The fraction of sp³-hybridized carbons (Fsp3) is 0.500. The molecule has 1 heterocycles. The molecule has 21 heavy (non-hydrogen) atoms. The highest BCUT2D eigenvalue weighted by Crippen LogP contribution is 2.30. The molecular formula is C16H21BrN2O2. The highest BCUT2D eigenvalue weighted by molar-refractivity contribution is 9.10. The Morgan fingerprint density at radius 1 is 1.38 bits per heavy atom. The molecule has 0 bridgehead atoms. The van der Waals surface area contributed by atoms with E-state index in [0.29, 0.717) is 13.0 Å². The van der Waals surface area contributed by atoms with E-state index < -0.39 is 0 Å². The summed E-state index contributed by atoms with van der Waals surface area (Å²) in [6.45, 7) is 8.41. The van der Waals surface area contributed by atoms with Crippen LogP contribution >= 0.6 is 15.9 Å². The van der Waals surface area contributed by atoms with Gasteiger partial charge in [0.2, 0.25) is 0 Å². The molecule has 1 aromatic carbocycles. The van der Waals surface area contributed by atoms with E-state index in [2.05, 4.69) is 34.3 Å². The van der Waals surface area contributed by atoms with Gasteiger partial charge >= 0.3 is 5.97 Å². The van der Waals surface area contributed by atoms with E-state index in [-0.39, 0.29) is 17.9 Å². The van der Waals surface area contributed by atoms with Crippen molar-refractivity contribution in [1.82, 2.24) is 9.55 Å². The number of ether oxygens (including phenoxy) is 1. The fourth-order valence-electron chi connectivity index (χ4n) is 2.58. The van der Waals surface area contributed by atoms with Crippen LogP contribution in [-0.2, 0) is 9.53 Å². The monoisotopic (exact) mass is 352 g/mol. The van der Waals surface area contributed by atoms with Crippen LogP contribution in [0.1, 0.15) is 51.9 Å². The number of benzene rings is 1. The topological polar surface area (TPSA) is 44.1 Å². The van der Waals surface area contributed by atoms with Crippen molar-refractivity contribution in [2.45, 2.75) is 46.1 Å². The SMILES string of the molecule is CCOC(=O)C(CC)c1nc2cc(Br)ccc2n1C(C)C. The van der Waals surface area contributed by atoms with Crippen LogP contribution in [-0.4, -0.2) is 22.1 Å². The Morgan fingerprint density at radius 2 is 2.10 bits per heavy atom. The van der Waals surface area contributed by atoms with E-state index in [9.17, 15) is 4.79 Å². The molecule has 114 valence electrons. The molecular weight excluding hydrogens is 332 g/mol. The van der Waals surface area contributed by atoms with Crippen molar-refractivity contribution in [1.29, 1.82) is 0 Å². The standard InChI is InChI=1S/C16H21BrN2O2/c1-5-12(16(20)21-6-2)15-18-13-9-11(17)7-8-14(13)19(15)10(3)4/h7-10,12H,5-6H2,1-4H3. The van der Waals surface area contributed by atoms with Gasteiger partial charge in [-0.3, -0.25) is 4.79 Å². The normalized spacial score (nSPS) is 12.9. The number of rotatable bonds is 5. The molecule has 0 saturated heterocycles. The van der Waals surface area contributed by atoms with E-state index in [4.69, 9.17) is 9.72 Å². The Bertz CT molecular complexity index is 649. The summed E-state index contributed by atoms with van der Waals surface area (Å²) in [4.78, 5) is 16.9. The van der Waals surface area contributed by atoms with Gasteiger partial charge in [-0.15, -0.1) is 0 Å². The van der Waals surface area contributed by atoms with Crippen LogP contribution in [0.4, 0.5) is 0 Å². The molecule has 0 spiro atoms. The van der Waals surface area contributed by atoms with Gasteiger partial charge in [-0.05, 0) is 45.4 Å². The number of imidazole rings is 1. The number of nitrogens with zero attached hydrogens (tertiary/aromatic N) is 2. The maximum absolute atomic E-state index is 12.2. The minimum Gasteiger partial charge on any atom is -0.465 e. The highest BCUT2D eigenvalue weighted by atomic mass is 79.9. The van der Waals surface area contributed by atoms with Crippen LogP contribution in [0, 0.1) is 0 Å². The molecule has 0 N–H and O–H groups in total. The molecule has 0 fully saturated rings. The number of hydrogen-bond acceptors (Lipinski definition) is 3. The second-order valence-electron chi connectivity index (χ2n) is 5.28. The quantitative estimate of drug-likeness (QED) is 0.747. The van der Waals surface area contributed by atoms with Crippen LogP contribution in [0.15, 0.2) is 22.7 Å². The van der Waals surface area contributed by atoms with Gasteiger partial charge in [-0.2, -0.15) is 0 Å². The van der Waals surface area contributed by atoms with E-state index in [1.165, 1.54) is 0 Å². The Morgan fingerprint density at radius 3 is 2.67 bits per heavy atom. The zero-order valence-corrected chi connectivity index (χ0v) is 14.5. The number of carbonyl (C=O) groups excluding carboxylic acids is 1.